The van der Waals surface area contributed by atoms with Gasteiger partial charge in [-0.1, -0.05) is 6.07 Å². The van der Waals surface area contributed by atoms with Gasteiger partial charge in [0, 0.05) is 13.1 Å². The zero-order chi connectivity index (χ0) is 14.8. The molecule has 20 heavy (non-hydrogen) atoms. The van der Waals surface area contributed by atoms with Crippen LogP contribution in [0.3, 0.4) is 0 Å². The molecule has 1 rings (SSSR count). The number of hydrogen-bond donors (Lipinski definition) is 2. The maximum absolute atomic E-state index is 8.58. The van der Waals surface area contributed by atoms with Gasteiger partial charge in [-0.25, -0.2) is 0 Å². The summed E-state index contributed by atoms with van der Waals surface area (Å²) >= 11 is 0. The van der Waals surface area contributed by atoms with Crippen LogP contribution >= 0.6 is 0 Å². The van der Waals surface area contributed by atoms with Gasteiger partial charge in [-0.05, 0) is 31.5 Å². The van der Waals surface area contributed by atoms with Gasteiger partial charge in [0.2, 0.25) is 0 Å². The Bertz CT molecular complexity index is 382. The fourth-order valence-corrected chi connectivity index (χ4v) is 1.72. The van der Waals surface area contributed by atoms with Crippen LogP contribution in [0.4, 0.5) is 0 Å². The molecule has 0 atom stereocenters. The Balaban J connectivity index is 2.43. The lowest BCUT2D eigenvalue weighted by Crippen LogP contribution is -2.20. The smallest absolute Gasteiger partial charge is 0.161 e. The summed E-state index contributed by atoms with van der Waals surface area (Å²) in [5.41, 5.74) is 1.13. The number of methoxy groups -OCH3 is 1. The van der Waals surface area contributed by atoms with Crippen LogP contribution in [0.2, 0.25) is 0 Å². The van der Waals surface area contributed by atoms with Gasteiger partial charge in [-0.15, -0.1) is 0 Å². The van der Waals surface area contributed by atoms with Crippen LogP contribution in [0.25, 0.3) is 0 Å². The normalized spacial score (nSPS) is 10.8. The Morgan fingerprint density at radius 3 is 2.65 bits per heavy atom. The number of rotatable bonds is 10. The van der Waals surface area contributed by atoms with Crippen molar-refractivity contribution < 1.29 is 19.3 Å². The van der Waals surface area contributed by atoms with E-state index < -0.39 is 0 Å². The molecular weight excluding hydrogens is 258 g/mol. The zero-order valence-electron chi connectivity index (χ0n) is 12.5. The number of hydrogen-bond acceptors (Lipinski definition) is 5. The van der Waals surface area contributed by atoms with Gasteiger partial charge in [0.05, 0.1) is 33.0 Å². The molecule has 0 aliphatic heterocycles. The summed E-state index contributed by atoms with van der Waals surface area (Å²) in [5, 5.41) is 11.8. The van der Waals surface area contributed by atoms with Crippen LogP contribution in [-0.2, 0) is 11.3 Å². The standard InChI is InChI=1S/C15H25NO4/c1-12(2)20-14-5-4-13(10-15(14)18-3)11-16-6-8-19-9-7-17/h4-5,10,12,16-17H,6-9,11H2,1-3H3. The van der Waals surface area contributed by atoms with Crippen LogP contribution in [0.1, 0.15) is 19.4 Å². The van der Waals surface area contributed by atoms with Crippen LogP contribution in [-0.4, -0.2) is 44.7 Å². The first kappa shape index (κ1) is 16.8. The van der Waals surface area contributed by atoms with Crippen LogP contribution in [0, 0.1) is 0 Å². The minimum Gasteiger partial charge on any atom is -0.493 e. The van der Waals surface area contributed by atoms with Crippen molar-refractivity contribution in [1.29, 1.82) is 0 Å². The van der Waals surface area contributed by atoms with Crippen molar-refractivity contribution >= 4 is 0 Å². The van der Waals surface area contributed by atoms with Crippen LogP contribution < -0.4 is 14.8 Å². The van der Waals surface area contributed by atoms with Crippen molar-refractivity contribution in [3.05, 3.63) is 23.8 Å². The van der Waals surface area contributed by atoms with E-state index in [4.69, 9.17) is 19.3 Å². The van der Waals surface area contributed by atoms with Gasteiger partial charge in [0.1, 0.15) is 0 Å². The number of ether oxygens (including phenoxy) is 3. The Kier molecular flexibility index (Phi) is 8.02. The molecule has 0 aliphatic rings. The molecule has 5 nitrogen and oxygen atoms in total. The second-order valence-electron chi connectivity index (χ2n) is 4.66. The van der Waals surface area contributed by atoms with E-state index in [1.165, 1.54) is 0 Å². The molecule has 0 aromatic heterocycles. The molecule has 0 bridgehead atoms. The molecule has 2 N–H and O–H groups in total. The van der Waals surface area contributed by atoms with E-state index in [1.54, 1.807) is 7.11 Å². The van der Waals surface area contributed by atoms with Gasteiger partial charge < -0.3 is 24.6 Å². The van der Waals surface area contributed by atoms with Crippen molar-refractivity contribution in [1.82, 2.24) is 5.32 Å². The SMILES string of the molecule is COc1cc(CNCCOCCO)ccc1OC(C)C. The highest BCUT2D eigenvalue weighted by Gasteiger charge is 2.07. The van der Waals surface area contributed by atoms with E-state index in [9.17, 15) is 0 Å². The van der Waals surface area contributed by atoms with Crippen molar-refractivity contribution in [3.8, 4) is 11.5 Å². The van der Waals surface area contributed by atoms with E-state index in [0.29, 0.717) is 13.2 Å². The highest BCUT2D eigenvalue weighted by molar-refractivity contribution is 5.43. The molecule has 0 amide bonds. The summed E-state index contributed by atoms with van der Waals surface area (Å²) in [6, 6.07) is 5.92. The second-order valence-corrected chi connectivity index (χ2v) is 4.66. The van der Waals surface area contributed by atoms with E-state index in [-0.39, 0.29) is 12.7 Å². The molecule has 0 spiro atoms. The molecule has 0 unspecified atom stereocenters. The first-order valence-electron chi connectivity index (χ1n) is 6.90. The topological polar surface area (TPSA) is 60.0 Å². The molecule has 114 valence electrons. The van der Waals surface area contributed by atoms with Gasteiger partial charge in [0.25, 0.3) is 0 Å². The number of aliphatic hydroxyl groups excluding tert-OH is 1. The zero-order valence-corrected chi connectivity index (χ0v) is 12.5. The molecule has 0 saturated heterocycles. The van der Waals surface area contributed by atoms with E-state index in [2.05, 4.69) is 5.32 Å². The lowest BCUT2D eigenvalue weighted by atomic mass is 10.2. The Morgan fingerprint density at radius 1 is 1.20 bits per heavy atom. The highest BCUT2D eigenvalue weighted by Crippen LogP contribution is 2.28. The third kappa shape index (κ3) is 6.23. The lowest BCUT2D eigenvalue weighted by Gasteiger charge is -2.14. The Hall–Kier alpha value is -1.30. The summed E-state index contributed by atoms with van der Waals surface area (Å²) in [6.07, 6.45) is 0.122. The molecule has 0 radical (unpaired) electrons. The van der Waals surface area contributed by atoms with E-state index in [1.807, 2.05) is 32.0 Å². The quantitative estimate of drug-likeness (QED) is 0.638. The van der Waals surface area contributed by atoms with E-state index in [0.717, 1.165) is 30.2 Å². The first-order chi connectivity index (χ1) is 9.67. The number of aliphatic hydroxyl groups is 1. The van der Waals surface area contributed by atoms with Gasteiger partial charge in [0.15, 0.2) is 11.5 Å². The maximum atomic E-state index is 8.58. The number of benzene rings is 1. The van der Waals surface area contributed by atoms with Crippen molar-refractivity contribution in [3.63, 3.8) is 0 Å². The summed E-state index contributed by atoms with van der Waals surface area (Å²) in [6.45, 7) is 6.49. The predicted molar refractivity (Wildman–Crippen MR) is 78.4 cm³/mol. The molecule has 0 fully saturated rings. The molecule has 1 aromatic rings. The largest absolute Gasteiger partial charge is 0.493 e. The molecular formula is C15H25NO4. The molecule has 0 aliphatic carbocycles. The van der Waals surface area contributed by atoms with Crippen molar-refractivity contribution in [2.45, 2.75) is 26.5 Å². The predicted octanol–water partition coefficient (Wildman–Crippen LogP) is 1.58. The van der Waals surface area contributed by atoms with Crippen LogP contribution in [0.15, 0.2) is 18.2 Å². The monoisotopic (exact) mass is 283 g/mol. The third-order valence-corrected chi connectivity index (χ3v) is 2.58. The Labute approximate surface area is 120 Å². The Morgan fingerprint density at radius 2 is 2.00 bits per heavy atom. The van der Waals surface area contributed by atoms with Gasteiger partial charge >= 0.3 is 0 Å². The van der Waals surface area contributed by atoms with Crippen LogP contribution in [0.5, 0.6) is 11.5 Å². The minimum atomic E-state index is 0.0640. The minimum absolute atomic E-state index is 0.0640. The lowest BCUT2D eigenvalue weighted by molar-refractivity contribution is 0.0938. The average Bonchev–Trinajstić information content (AvgIpc) is 2.43. The summed E-state index contributed by atoms with van der Waals surface area (Å²) in [4.78, 5) is 0. The van der Waals surface area contributed by atoms with Crippen molar-refractivity contribution in [2.75, 3.05) is 33.5 Å². The fourth-order valence-electron chi connectivity index (χ4n) is 1.72. The average molecular weight is 283 g/mol. The third-order valence-electron chi connectivity index (χ3n) is 2.58. The fraction of sp³-hybridized carbons (Fsp3) is 0.600. The maximum Gasteiger partial charge on any atom is 0.161 e. The van der Waals surface area contributed by atoms with Gasteiger partial charge in [-0.2, -0.15) is 0 Å². The molecule has 0 saturated carbocycles. The highest BCUT2D eigenvalue weighted by atomic mass is 16.5. The first-order valence-corrected chi connectivity index (χ1v) is 6.90. The number of nitrogens with one attached hydrogen (secondary N) is 1. The molecule has 0 heterocycles. The summed E-state index contributed by atoms with van der Waals surface area (Å²) in [7, 11) is 1.64. The van der Waals surface area contributed by atoms with Gasteiger partial charge in [-0.3, -0.25) is 0 Å². The summed E-state index contributed by atoms with van der Waals surface area (Å²) in [5.74, 6) is 1.51. The second kappa shape index (κ2) is 9.58. The van der Waals surface area contributed by atoms with E-state index >= 15 is 0 Å². The molecule has 5 heteroatoms. The summed E-state index contributed by atoms with van der Waals surface area (Å²) < 4.78 is 16.2. The molecule has 1 aromatic carbocycles. The van der Waals surface area contributed by atoms with Crippen molar-refractivity contribution in [2.24, 2.45) is 0 Å².